The second-order valence-corrected chi connectivity index (χ2v) is 9.23. The van der Waals surface area contributed by atoms with Crippen molar-refractivity contribution < 1.29 is 19.1 Å². The van der Waals surface area contributed by atoms with Gasteiger partial charge in [0.25, 0.3) is 11.8 Å². The number of carbonyl (C=O) groups excluding carboxylic acids is 3. The fourth-order valence-electron chi connectivity index (χ4n) is 4.40. The lowest BCUT2D eigenvalue weighted by molar-refractivity contribution is -0.122. The molecule has 0 saturated carbocycles. The summed E-state index contributed by atoms with van der Waals surface area (Å²) in [6, 6.07) is 23.4. The SMILES string of the molecule is Cc1ccccc1N1C(=O)NC(=O)/C(=C\c2cc(Cl)ccc2OCc2c(C)ccc3ccccc23)C1=O. The fraction of sp³-hybridized carbons (Fsp3) is 0.100. The summed E-state index contributed by atoms with van der Waals surface area (Å²) in [6.45, 7) is 4.09. The summed E-state index contributed by atoms with van der Waals surface area (Å²) in [5, 5.41) is 4.87. The van der Waals surface area contributed by atoms with Gasteiger partial charge in [-0.2, -0.15) is 0 Å². The van der Waals surface area contributed by atoms with Crippen molar-refractivity contribution in [3.8, 4) is 5.75 Å². The maximum atomic E-state index is 13.4. The van der Waals surface area contributed by atoms with Gasteiger partial charge in [-0.25, -0.2) is 9.69 Å². The normalized spacial score (nSPS) is 14.8. The van der Waals surface area contributed by atoms with Gasteiger partial charge in [0.2, 0.25) is 0 Å². The summed E-state index contributed by atoms with van der Waals surface area (Å²) < 4.78 is 6.20. The number of amides is 4. The van der Waals surface area contributed by atoms with Gasteiger partial charge in [0, 0.05) is 16.1 Å². The quantitative estimate of drug-likeness (QED) is 0.250. The number of urea groups is 1. The van der Waals surface area contributed by atoms with Crippen LogP contribution in [0.3, 0.4) is 0 Å². The van der Waals surface area contributed by atoms with E-state index in [-0.39, 0.29) is 12.2 Å². The Morgan fingerprint density at radius 1 is 0.892 bits per heavy atom. The van der Waals surface area contributed by atoms with Crippen molar-refractivity contribution in [2.75, 3.05) is 4.90 Å². The number of nitrogens with one attached hydrogen (secondary N) is 1. The number of hydrogen-bond acceptors (Lipinski definition) is 4. The van der Waals surface area contributed by atoms with Gasteiger partial charge in [0.05, 0.1) is 5.69 Å². The highest BCUT2D eigenvalue weighted by atomic mass is 35.5. The molecular weight excluding hydrogens is 488 g/mol. The molecule has 4 amide bonds. The van der Waals surface area contributed by atoms with Crippen molar-refractivity contribution >= 4 is 52.0 Å². The smallest absolute Gasteiger partial charge is 0.335 e. The first-order chi connectivity index (χ1) is 17.8. The molecule has 0 atom stereocenters. The van der Waals surface area contributed by atoms with Crippen LogP contribution in [0.25, 0.3) is 16.8 Å². The Labute approximate surface area is 219 Å². The molecule has 0 aliphatic carbocycles. The zero-order chi connectivity index (χ0) is 26.1. The number of aryl methyl sites for hydroxylation is 2. The predicted molar refractivity (Wildman–Crippen MR) is 145 cm³/mol. The number of ether oxygens (including phenoxy) is 1. The molecule has 1 heterocycles. The van der Waals surface area contributed by atoms with Gasteiger partial charge in [0.1, 0.15) is 17.9 Å². The molecule has 1 N–H and O–H groups in total. The van der Waals surface area contributed by atoms with Gasteiger partial charge in [-0.1, -0.05) is 66.2 Å². The molecule has 0 unspecified atom stereocenters. The van der Waals surface area contributed by atoms with Crippen molar-refractivity contribution in [2.24, 2.45) is 0 Å². The van der Waals surface area contributed by atoms with E-state index in [1.165, 1.54) is 6.08 Å². The number of benzene rings is 4. The van der Waals surface area contributed by atoms with E-state index in [1.807, 2.05) is 37.3 Å². The molecule has 5 rings (SSSR count). The number of fused-ring (bicyclic) bond motifs is 1. The third-order valence-electron chi connectivity index (χ3n) is 6.38. The molecule has 0 spiro atoms. The summed E-state index contributed by atoms with van der Waals surface area (Å²) >= 11 is 6.26. The Kier molecular flexibility index (Phi) is 6.51. The second kappa shape index (κ2) is 9.91. The highest BCUT2D eigenvalue weighted by Crippen LogP contribution is 2.30. The van der Waals surface area contributed by atoms with Crippen LogP contribution in [0.1, 0.15) is 22.3 Å². The number of nitrogens with zero attached hydrogens (tertiary/aromatic N) is 1. The van der Waals surface area contributed by atoms with Crippen LogP contribution in [0.2, 0.25) is 5.02 Å². The minimum absolute atomic E-state index is 0.198. The molecule has 184 valence electrons. The molecule has 0 radical (unpaired) electrons. The van der Waals surface area contributed by atoms with E-state index in [9.17, 15) is 14.4 Å². The highest BCUT2D eigenvalue weighted by molar-refractivity contribution is 6.39. The molecule has 4 aromatic carbocycles. The van der Waals surface area contributed by atoms with Crippen molar-refractivity contribution in [2.45, 2.75) is 20.5 Å². The van der Waals surface area contributed by atoms with E-state index in [1.54, 1.807) is 49.4 Å². The zero-order valence-electron chi connectivity index (χ0n) is 20.2. The molecule has 0 bridgehead atoms. The summed E-state index contributed by atoms with van der Waals surface area (Å²) in [6.07, 6.45) is 1.41. The van der Waals surface area contributed by atoms with Gasteiger partial charge < -0.3 is 4.74 Å². The van der Waals surface area contributed by atoms with E-state index in [2.05, 4.69) is 11.4 Å². The fourth-order valence-corrected chi connectivity index (χ4v) is 4.58. The molecule has 1 aliphatic rings. The second-order valence-electron chi connectivity index (χ2n) is 8.80. The number of para-hydroxylation sites is 1. The average Bonchev–Trinajstić information content (AvgIpc) is 2.88. The number of anilines is 1. The Bertz CT molecular complexity index is 1610. The van der Waals surface area contributed by atoms with Crippen LogP contribution in [0.4, 0.5) is 10.5 Å². The highest BCUT2D eigenvalue weighted by Gasteiger charge is 2.37. The number of halogens is 1. The Hall–Kier alpha value is -4.42. The Balaban J connectivity index is 1.51. The third kappa shape index (κ3) is 4.71. The first-order valence-electron chi connectivity index (χ1n) is 11.7. The maximum Gasteiger partial charge on any atom is 0.335 e. The van der Waals surface area contributed by atoms with E-state index in [4.69, 9.17) is 16.3 Å². The minimum atomic E-state index is -0.796. The first-order valence-corrected chi connectivity index (χ1v) is 12.1. The number of imide groups is 2. The summed E-state index contributed by atoms with van der Waals surface area (Å²) in [5.41, 5.74) is 3.49. The molecule has 1 fully saturated rings. The number of rotatable bonds is 5. The lowest BCUT2D eigenvalue weighted by Gasteiger charge is -2.27. The van der Waals surface area contributed by atoms with Gasteiger partial charge in [-0.05, 0) is 66.1 Å². The molecule has 0 aromatic heterocycles. The first kappa shape index (κ1) is 24.3. The lowest BCUT2D eigenvalue weighted by atomic mass is 10.0. The average molecular weight is 511 g/mol. The largest absolute Gasteiger partial charge is 0.488 e. The van der Waals surface area contributed by atoms with E-state index < -0.39 is 17.8 Å². The van der Waals surface area contributed by atoms with Crippen molar-refractivity contribution in [1.29, 1.82) is 0 Å². The van der Waals surface area contributed by atoms with Crippen LogP contribution in [-0.2, 0) is 16.2 Å². The van der Waals surface area contributed by atoms with E-state index in [0.29, 0.717) is 22.0 Å². The molecule has 1 saturated heterocycles. The molecule has 7 heteroatoms. The molecular formula is C30H23ClN2O4. The van der Waals surface area contributed by atoms with Crippen LogP contribution < -0.4 is 15.0 Å². The maximum absolute atomic E-state index is 13.4. The van der Waals surface area contributed by atoms with Crippen LogP contribution >= 0.6 is 11.6 Å². The number of hydrogen-bond donors (Lipinski definition) is 1. The summed E-state index contributed by atoms with van der Waals surface area (Å²) in [7, 11) is 0. The van der Waals surface area contributed by atoms with Crippen molar-refractivity contribution in [3.63, 3.8) is 0 Å². The minimum Gasteiger partial charge on any atom is -0.488 e. The standard InChI is InChI=1S/C30H23ClN2O4/c1-18-11-12-20-8-4-5-9-23(20)25(18)17-37-27-14-13-22(31)15-21(27)16-24-28(34)32-30(36)33(29(24)35)26-10-6-3-7-19(26)2/h3-16H,17H2,1-2H3,(H,32,34,36)/b24-16+. The van der Waals surface area contributed by atoms with E-state index >= 15 is 0 Å². The van der Waals surface area contributed by atoms with Gasteiger partial charge in [-0.3, -0.25) is 14.9 Å². The molecule has 1 aliphatic heterocycles. The van der Waals surface area contributed by atoms with Gasteiger partial charge in [0.15, 0.2) is 0 Å². The number of barbiturate groups is 1. The molecule has 37 heavy (non-hydrogen) atoms. The third-order valence-corrected chi connectivity index (χ3v) is 6.61. The zero-order valence-corrected chi connectivity index (χ0v) is 21.0. The van der Waals surface area contributed by atoms with Crippen LogP contribution in [0, 0.1) is 13.8 Å². The van der Waals surface area contributed by atoms with Crippen LogP contribution in [0.5, 0.6) is 5.75 Å². The summed E-state index contributed by atoms with van der Waals surface area (Å²) in [4.78, 5) is 39.6. The van der Waals surface area contributed by atoms with E-state index in [0.717, 1.165) is 32.4 Å². The molecule has 4 aromatic rings. The topological polar surface area (TPSA) is 75.7 Å². The van der Waals surface area contributed by atoms with Crippen LogP contribution in [0.15, 0.2) is 84.4 Å². The molecule has 6 nitrogen and oxygen atoms in total. The predicted octanol–water partition coefficient (Wildman–Crippen LogP) is 6.36. The Morgan fingerprint density at radius 2 is 1.65 bits per heavy atom. The van der Waals surface area contributed by atoms with Crippen molar-refractivity contribution in [1.82, 2.24) is 5.32 Å². The monoisotopic (exact) mass is 510 g/mol. The summed E-state index contributed by atoms with van der Waals surface area (Å²) in [5.74, 6) is -1.06. The van der Waals surface area contributed by atoms with Crippen LogP contribution in [-0.4, -0.2) is 17.8 Å². The van der Waals surface area contributed by atoms with Crippen molar-refractivity contribution in [3.05, 3.63) is 112 Å². The lowest BCUT2D eigenvalue weighted by Crippen LogP contribution is -2.54. The van der Waals surface area contributed by atoms with Gasteiger partial charge in [-0.15, -0.1) is 0 Å². The van der Waals surface area contributed by atoms with Gasteiger partial charge >= 0.3 is 6.03 Å². The number of carbonyl (C=O) groups is 3. The Morgan fingerprint density at radius 3 is 2.46 bits per heavy atom.